The molecule has 1 aromatic carbocycles. The summed E-state index contributed by atoms with van der Waals surface area (Å²) in [4.78, 5) is 0. The molecule has 3 atom stereocenters. The summed E-state index contributed by atoms with van der Waals surface area (Å²) in [5.41, 5.74) is 0.841. The van der Waals surface area contributed by atoms with Crippen LogP contribution in [0.3, 0.4) is 0 Å². The van der Waals surface area contributed by atoms with Crippen LogP contribution >= 0.6 is 11.6 Å². The second-order valence-electron chi connectivity index (χ2n) is 4.66. The number of benzene rings is 1. The van der Waals surface area contributed by atoms with Crippen molar-refractivity contribution in [3.8, 4) is 0 Å². The maximum Gasteiger partial charge on any atom is 0.162 e. The molecule has 88 valence electrons. The van der Waals surface area contributed by atoms with Gasteiger partial charge in [-0.2, -0.15) is 0 Å². The van der Waals surface area contributed by atoms with Crippen molar-refractivity contribution in [3.05, 3.63) is 34.9 Å². The Bertz CT molecular complexity index is 403. The SMILES string of the molecule is Cc1ccc(C2CCC(Cl)C2C)c(F)c1F. The summed E-state index contributed by atoms with van der Waals surface area (Å²) in [6.45, 7) is 3.58. The van der Waals surface area contributed by atoms with Crippen LogP contribution < -0.4 is 0 Å². The zero-order valence-corrected chi connectivity index (χ0v) is 10.2. The zero-order valence-electron chi connectivity index (χ0n) is 9.43. The number of rotatable bonds is 1. The molecule has 1 aromatic rings. The Labute approximate surface area is 99.6 Å². The highest BCUT2D eigenvalue weighted by molar-refractivity contribution is 6.21. The van der Waals surface area contributed by atoms with Crippen LogP contribution in [0.4, 0.5) is 8.78 Å². The molecule has 0 spiro atoms. The molecule has 16 heavy (non-hydrogen) atoms. The van der Waals surface area contributed by atoms with E-state index < -0.39 is 11.6 Å². The summed E-state index contributed by atoms with van der Waals surface area (Å²) < 4.78 is 27.3. The summed E-state index contributed by atoms with van der Waals surface area (Å²) in [7, 11) is 0. The molecule has 2 rings (SSSR count). The van der Waals surface area contributed by atoms with Crippen LogP contribution in [0.15, 0.2) is 12.1 Å². The molecular weight excluding hydrogens is 230 g/mol. The second kappa shape index (κ2) is 4.33. The predicted octanol–water partition coefficient (Wildman–Crippen LogP) is 4.39. The average Bonchev–Trinajstić information content (AvgIpc) is 2.58. The summed E-state index contributed by atoms with van der Waals surface area (Å²) in [6.07, 6.45) is 1.72. The third kappa shape index (κ3) is 1.84. The van der Waals surface area contributed by atoms with Crippen molar-refractivity contribution in [1.29, 1.82) is 0 Å². The van der Waals surface area contributed by atoms with Crippen LogP contribution in [0.5, 0.6) is 0 Å². The van der Waals surface area contributed by atoms with E-state index >= 15 is 0 Å². The molecular formula is C13H15ClF2. The van der Waals surface area contributed by atoms with Crippen molar-refractivity contribution in [2.75, 3.05) is 0 Å². The van der Waals surface area contributed by atoms with Crippen molar-refractivity contribution in [2.24, 2.45) is 5.92 Å². The van der Waals surface area contributed by atoms with Gasteiger partial charge in [0.25, 0.3) is 0 Å². The van der Waals surface area contributed by atoms with E-state index in [4.69, 9.17) is 11.6 Å². The van der Waals surface area contributed by atoms with Crippen LogP contribution in [0.2, 0.25) is 0 Å². The molecule has 1 saturated carbocycles. The van der Waals surface area contributed by atoms with Crippen molar-refractivity contribution >= 4 is 11.6 Å². The summed E-state index contributed by atoms with van der Waals surface area (Å²) in [6, 6.07) is 3.34. The molecule has 0 nitrogen and oxygen atoms in total. The van der Waals surface area contributed by atoms with Gasteiger partial charge in [0.15, 0.2) is 11.6 Å². The highest BCUT2D eigenvalue weighted by atomic mass is 35.5. The largest absolute Gasteiger partial charge is 0.203 e. The summed E-state index contributed by atoms with van der Waals surface area (Å²) in [5, 5.41) is 0.0776. The minimum atomic E-state index is -0.720. The third-order valence-corrected chi connectivity index (χ3v) is 4.28. The minimum absolute atomic E-state index is 0.0533. The van der Waals surface area contributed by atoms with E-state index in [1.165, 1.54) is 0 Å². The molecule has 0 bridgehead atoms. The van der Waals surface area contributed by atoms with Crippen LogP contribution in [-0.2, 0) is 0 Å². The molecule has 1 fully saturated rings. The van der Waals surface area contributed by atoms with Gasteiger partial charge in [0.2, 0.25) is 0 Å². The zero-order chi connectivity index (χ0) is 11.9. The van der Waals surface area contributed by atoms with Gasteiger partial charge in [-0.3, -0.25) is 0 Å². The van der Waals surface area contributed by atoms with Crippen LogP contribution in [0.25, 0.3) is 0 Å². The molecule has 3 heteroatoms. The molecule has 0 aliphatic heterocycles. The average molecular weight is 245 g/mol. The topological polar surface area (TPSA) is 0 Å². The van der Waals surface area contributed by atoms with Crippen LogP contribution in [0, 0.1) is 24.5 Å². The van der Waals surface area contributed by atoms with Gasteiger partial charge in [0.05, 0.1) is 0 Å². The number of halogens is 3. The lowest BCUT2D eigenvalue weighted by molar-refractivity contribution is 0.460. The highest BCUT2D eigenvalue weighted by Crippen LogP contribution is 2.43. The van der Waals surface area contributed by atoms with Gasteiger partial charge in [-0.05, 0) is 42.7 Å². The molecule has 0 saturated heterocycles. The van der Waals surface area contributed by atoms with Gasteiger partial charge < -0.3 is 0 Å². The molecule has 3 unspecified atom stereocenters. The predicted molar refractivity (Wildman–Crippen MR) is 61.9 cm³/mol. The fraction of sp³-hybridized carbons (Fsp3) is 0.538. The molecule has 0 aromatic heterocycles. The molecule has 0 N–H and O–H groups in total. The van der Waals surface area contributed by atoms with Crippen molar-refractivity contribution in [2.45, 2.75) is 38.0 Å². The quantitative estimate of drug-likeness (QED) is 0.643. The number of aryl methyl sites for hydroxylation is 1. The number of alkyl halides is 1. The van der Waals surface area contributed by atoms with Gasteiger partial charge >= 0.3 is 0 Å². The molecule has 0 heterocycles. The maximum atomic E-state index is 13.8. The molecule has 0 radical (unpaired) electrons. The van der Waals surface area contributed by atoms with Gasteiger partial charge in [-0.25, -0.2) is 8.78 Å². The lowest BCUT2D eigenvalue weighted by Gasteiger charge is -2.18. The van der Waals surface area contributed by atoms with E-state index in [1.54, 1.807) is 19.1 Å². The lowest BCUT2D eigenvalue weighted by atomic mass is 9.89. The Kier molecular flexibility index (Phi) is 3.20. The molecule has 1 aliphatic rings. The molecule has 0 amide bonds. The van der Waals surface area contributed by atoms with E-state index in [1.807, 2.05) is 6.92 Å². The van der Waals surface area contributed by atoms with Crippen molar-refractivity contribution < 1.29 is 8.78 Å². The first kappa shape index (κ1) is 11.8. The van der Waals surface area contributed by atoms with E-state index in [-0.39, 0.29) is 17.2 Å². The van der Waals surface area contributed by atoms with E-state index in [9.17, 15) is 8.78 Å². The van der Waals surface area contributed by atoms with Crippen LogP contribution in [0.1, 0.15) is 36.8 Å². The minimum Gasteiger partial charge on any atom is -0.203 e. The Balaban J connectivity index is 2.38. The first-order valence-corrected chi connectivity index (χ1v) is 6.04. The van der Waals surface area contributed by atoms with Gasteiger partial charge in [-0.1, -0.05) is 19.1 Å². The second-order valence-corrected chi connectivity index (χ2v) is 5.22. The normalized spacial score (nSPS) is 29.7. The van der Waals surface area contributed by atoms with Crippen LogP contribution in [-0.4, -0.2) is 5.38 Å². The smallest absolute Gasteiger partial charge is 0.162 e. The Morgan fingerprint density at radius 1 is 1.19 bits per heavy atom. The fourth-order valence-electron chi connectivity index (χ4n) is 2.50. The number of hydrogen-bond donors (Lipinski definition) is 0. The Morgan fingerprint density at radius 3 is 2.44 bits per heavy atom. The Hall–Kier alpha value is -0.630. The van der Waals surface area contributed by atoms with E-state index in [2.05, 4.69) is 0 Å². The van der Waals surface area contributed by atoms with Gasteiger partial charge in [-0.15, -0.1) is 11.6 Å². The fourth-order valence-corrected chi connectivity index (χ4v) is 2.80. The first-order chi connectivity index (χ1) is 7.52. The van der Waals surface area contributed by atoms with Crippen molar-refractivity contribution in [1.82, 2.24) is 0 Å². The maximum absolute atomic E-state index is 13.8. The summed E-state index contributed by atoms with van der Waals surface area (Å²) in [5.74, 6) is -1.15. The highest BCUT2D eigenvalue weighted by Gasteiger charge is 2.34. The first-order valence-electron chi connectivity index (χ1n) is 5.61. The van der Waals surface area contributed by atoms with E-state index in [0.29, 0.717) is 11.1 Å². The van der Waals surface area contributed by atoms with Gasteiger partial charge in [0, 0.05) is 5.38 Å². The lowest BCUT2D eigenvalue weighted by Crippen LogP contribution is -2.11. The van der Waals surface area contributed by atoms with E-state index in [0.717, 1.165) is 12.8 Å². The summed E-state index contributed by atoms with van der Waals surface area (Å²) >= 11 is 6.11. The standard InChI is InChI=1S/C13H15ClF2/c1-7-3-4-10(13(16)12(7)15)9-5-6-11(14)8(9)2/h3-4,8-9,11H,5-6H2,1-2H3. The molecule has 1 aliphatic carbocycles. The Morgan fingerprint density at radius 2 is 1.88 bits per heavy atom. The third-order valence-electron chi connectivity index (χ3n) is 3.66. The number of hydrogen-bond acceptors (Lipinski definition) is 0. The monoisotopic (exact) mass is 244 g/mol. The van der Waals surface area contributed by atoms with Crippen molar-refractivity contribution in [3.63, 3.8) is 0 Å². The van der Waals surface area contributed by atoms with Gasteiger partial charge in [0.1, 0.15) is 0 Å².